The number of ketones is 2. The van der Waals surface area contributed by atoms with Gasteiger partial charge in [0.15, 0.2) is 18.4 Å². The Bertz CT molecular complexity index is 2510. The number of amides is 2. The minimum atomic E-state index is -2.18. The van der Waals surface area contributed by atoms with Crippen LogP contribution in [0.15, 0.2) is 18.2 Å². The minimum Gasteiger partial charge on any atom is -0.507 e. The smallest absolute Gasteiger partial charge is 0.325 e. The van der Waals surface area contributed by atoms with E-state index < -0.39 is 183 Å². The second-order valence-electron chi connectivity index (χ2n) is 16.5. The maximum atomic E-state index is 14.2. The van der Waals surface area contributed by atoms with E-state index in [1.54, 1.807) is 6.92 Å². The van der Waals surface area contributed by atoms with Crippen molar-refractivity contribution >= 4 is 29.4 Å². The number of likely N-dealkylation sites (N-methyl/N-ethyl adjacent to an activating group) is 1. The summed E-state index contributed by atoms with van der Waals surface area (Å²) in [6, 6.07) is -0.264. The highest BCUT2D eigenvalue weighted by Gasteiger charge is 2.52. The number of aryl methyl sites for hydroxylation is 1. The van der Waals surface area contributed by atoms with Crippen LogP contribution in [0.4, 0.5) is 0 Å². The predicted octanol–water partition coefficient (Wildman–Crippen LogP) is -1.40. The molecule has 0 radical (unpaired) electrons. The van der Waals surface area contributed by atoms with E-state index in [2.05, 4.69) is 16.0 Å². The van der Waals surface area contributed by atoms with E-state index in [0.29, 0.717) is 0 Å². The van der Waals surface area contributed by atoms with E-state index in [1.807, 2.05) is 0 Å². The third kappa shape index (κ3) is 7.85. The van der Waals surface area contributed by atoms with Crippen molar-refractivity contribution in [3.63, 3.8) is 0 Å². The molecule has 356 valence electrons. The molecular weight excluding hydrogens is 878 g/mol. The van der Waals surface area contributed by atoms with Gasteiger partial charge in [0.05, 0.1) is 48.1 Å². The van der Waals surface area contributed by atoms with Crippen LogP contribution in [0.3, 0.4) is 0 Å². The molecule has 4 aliphatic rings. The monoisotopic (exact) mass is 927 g/mol. The van der Waals surface area contributed by atoms with Crippen LogP contribution >= 0.6 is 0 Å². The van der Waals surface area contributed by atoms with Gasteiger partial charge < -0.3 is 90.7 Å². The Morgan fingerprint density at radius 1 is 0.788 bits per heavy atom. The van der Waals surface area contributed by atoms with Gasteiger partial charge in [-0.25, -0.2) is 0 Å². The summed E-state index contributed by atoms with van der Waals surface area (Å²) in [7, 11) is 2.73. The molecule has 13 unspecified atom stereocenters. The van der Waals surface area contributed by atoms with Crippen molar-refractivity contribution in [3.05, 3.63) is 62.7 Å². The summed E-state index contributed by atoms with van der Waals surface area (Å²) in [5.74, 6) is -9.63. The summed E-state index contributed by atoms with van der Waals surface area (Å²) in [4.78, 5) is 66.5. The van der Waals surface area contributed by atoms with Gasteiger partial charge in [-0.05, 0) is 51.9 Å². The van der Waals surface area contributed by atoms with Crippen molar-refractivity contribution in [2.45, 2.75) is 107 Å². The van der Waals surface area contributed by atoms with Crippen molar-refractivity contribution in [2.75, 3.05) is 20.8 Å². The summed E-state index contributed by atoms with van der Waals surface area (Å²) in [6.07, 6.45) is -16.5. The number of carboxylic acids is 1. The van der Waals surface area contributed by atoms with Crippen molar-refractivity contribution < 1.29 is 98.7 Å². The number of ether oxygens (including phenoxy) is 5. The second-order valence-corrected chi connectivity index (χ2v) is 16.5. The molecule has 0 saturated carbocycles. The van der Waals surface area contributed by atoms with Crippen molar-refractivity contribution in [2.24, 2.45) is 0 Å². The van der Waals surface area contributed by atoms with E-state index in [-0.39, 0.29) is 16.9 Å². The summed E-state index contributed by atoms with van der Waals surface area (Å²) in [5.41, 5.74) is -5.49. The zero-order chi connectivity index (χ0) is 48.5. The quantitative estimate of drug-likeness (QED) is 0.0769. The third-order valence-electron chi connectivity index (χ3n) is 12.3. The summed E-state index contributed by atoms with van der Waals surface area (Å²) in [5, 5.41) is 119. The van der Waals surface area contributed by atoms with Gasteiger partial charge >= 0.3 is 5.97 Å². The van der Waals surface area contributed by atoms with E-state index in [4.69, 9.17) is 23.7 Å². The van der Waals surface area contributed by atoms with Gasteiger partial charge in [0.2, 0.25) is 11.7 Å². The maximum Gasteiger partial charge on any atom is 0.325 e. The van der Waals surface area contributed by atoms with Crippen LogP contribution in [0.5, 0.6) is 28.7 Å². The first-order valence-electron chi connectivity index (χ1n) is 20.5. The Hall–Kier alpha value is -5.99. The summed E-state index contributed by atoms with van der Waals surface area (Å²) in [6.45, 7) is 4.85. The van der Waals surface area contributed by atoms with Crippen molar-refractivity contribution in [3.8, 4) is 39.9 Å². The first kappa shape index (κ1) is 48.0. The van der Waals surface area contributed by atoms with Crippen LogP contribution in [0.25, 0.3) is 11.1 Å². The Balaban J connectivity index is 1.37. The van der Waals surface area contributed by atoms with Gasteiger partial charge in [-0.15, -0.1) is 0 Å². The second kappa shape index (κ2) is 18.0. The zero-order valence-corrected chi connectivity index (χ0v) is 36.0. The number of aliphatic carboxylic acids is 1. The number of aliphatic hydroxyl groups is 5. The van der Waals surface area contributed by atoms with Gasteiger partial charge in [-0.3, -0.25) is 24.0 Å². The molecule has 23 heteroatoms. The number of carbonyl (C=O) groups is 5. The molecule has 2 heterocycles. The highest BCUT2D eigenvalue weighted by atomic mass is 16.7. The fourth-order valence-electron chi connectivity index (χ4n) is 8.81. The van der Waals surface area contributed by atoms with E-state index in [0.717, 1.165) is 12.1 Å². The molecule has 23 nitrogen and oxygen atoms in total. The number of benzene rings is 3. The summed E-state index contributed by atoms with van der Waals surface area (Å²) < 4.78 is 28.9. The first-order valence-corrected chi connectivity index (χ1v) is 20.5. The molecule has 2 saturated heterocycles. The molecule has 7 rings (SSSR count). The molecule has 66 heavy (non-hydrogen) atoms. The number of hydrogen-bond donors (Lipinski definition) is 13. The lowest BCUT2D eigenvalue weighted by molar-refractivity contribution is -0.339. The lowest BCUT2D eigenvalue weighted by atomic mass is 9.73. The SMILES string of the molecule is CNC1C(C)OC(OC2c3cc(C)c(C(=O)NC(C)C(=O)NC(C)C(=O)O)c(O)c3-c3c(O)c4c(c(O)c3C2O)C(=O)c2c(O)cc(OC)cc2C4=O)C(O)C1OC1OCC(O)C(O)C1O. The predicted molar refractivity (Wildman–Crippen MR) is 220 cm³/mol. The number of carboxylic acid groups (broad SMARTS) is 1. The van der Waals surface area contributed by atoms with Crippen molar-refractivity contribution in [1.82, 2.24) is 16.0 Å². The molecule has 0 bridgehead atoms. The Morgan fingerprint density at radius 2 is 1.45 bits per heavy atom. The number of nitrogens with one attached hydrogen (secondary N) is 3. The number of fused-ring (bicyclic) bond motifs is 5. The van der Waals surface area contributed by atoms with E-state index in [1.165, 1.54) is 41.0 Å². The number of aliphatic hydroxyl groups excluding tert-OH is 5. The fourth-order valence-corrected chi connectivity index (χ4v) is 8.81. The molecular formula is C43H49N3O20. The average molecular weight is 928 g/mol. The van der Waals surface area contributed by atoms with Crippen LogP contribution < -0.4 is 20.7 Å². The Morgan fingerprint density at radius 3 is 2.09 bits per heavy atom. The topological polar surface area (TPSA) is 370 Å². The van der Waals surface area contributed by atoms with Gasteiger partial charge in [0.25, 0.3) is 5.91 Å². The normalized spacial score (nSPS) is 28.8. The average Bonchev–Trinajstić information content (AvgIpc) is 3.25. The molecule has 0 spiro atoms. The molecule has 2 amide bonds. The molecule has 2 aliphatic carbocycles. The standard InChI is InChI=1S/C43H49N3O20/c1-11-7-17-22(30(51)20(11)40(59)45-12(2)39(58)46-13(3)41(60)61)23-24(33(54)26-25(32(23)53)28(49)16-8-15(62-6)9-18(47)21(16)31(26)52)34(55)37(17)65-43-36(57)38(27(44-5)14(4)64-43)66-42-35(56)29(50)19(48)10-63-42/h7-9,12-14,19,27,29,34-38,42-44,47-48,50-51,53-57H,10H2,1-6H3,(H,45,59)(H,46,58)(H,60,61). The lowest BCUT2D eigenvalue weighted by Crippen LogP contribution is -2.65. The Labute approximate surface area is 374 Å². The minimum absolute atomic E-state index is 0.0527. The van der Waals surface area contributed by atoms with E-state index >= 15 is 0 Å². The van der Waals surface area contributed by atoms with E-state index in [9.17, 15) is 75.0 Å². The van der Waals surface area contributed by atoms with Crippen LogP contribution in [0.2, 0.25) is 0 Å². The first-order chi connectivity index (χ1) is 31.0. The number of hydrogen-bond acceptors (Lipinski definition) is 20. The molecule has 13 atom stereocenters. The number of phenols is 4. The highest BCUT2D eigenvalue weighted by molar-refractivity contribution is 6.32. The summed E-state index contributed by atoms with van der Waals surface area (Å²) >= 11 is 0. The molecule has 13 N–H and O–H groups in total. The number of carbonyl (C=O) groups excluding carboxylic acids is 4. The van der Waals surface area contributed by atoms with Crippen LogP contribution in [-0.4, -0.2) is 169 Å². The number of aromatic hydroxyl groups is 4. The largest absolute Gasteiger partial charge is 0.507 e. The van der Waals surface area contributed by atoms with Crippen LogP contribution in [0, 0.1) is 6.92 Å². The van der Waals surface area contributed by atoms with Crippen LogP contribution in [-0.2, 0) is 28.5 Å². The molecule has 0 aromatic heterocycles. The maximum absolute atomic E-state index is 14.2. The molecule has 2 fully saturated rings. The third-order valence-corrected chi connectivity index (χ3v) is 12.3. The number of methoxy groups -OCH3 is 1. The van der Waals surface area contributed by atoms with Gasteiger partial charge in [-0.1, -0.05) is 6.07 Å². The fraction of sp³-hybridized carbons (Fsp3) is 0.465. The molecule has 3 aromatic rings. The number of phenolic OH excluding ortho intramolecular Hbond substituents is 4. The van der Waals surface area contributed by atoms with Gasteiger partial charge in [0, 0.05) is 28.3 Å². The Kier molecular flexibility index (Phi) is 13.1. The zero-order valence-electron chi connectivity index (χ0n) is 36.0. The van der Waals surface area contributed by atoms with Crippen molar-refractivity contribution in [1.29, 1.82) is 0 Å². The van der Waals surface area contributed by atoms with Gasteiger partial charge in [0.1, 0.15) is 83.6 Å². The van der Waals surface area contributed by atoms with Crippen LogP contribution in [0.1, 0.15) is 91.9 Å². The number of rotatable bonds is 11. The highest BCUT2D eigenvalue weighted by Crippen LogP contribution is 2.60. The molecule has 3 aromatic carbocycles. The lowest BCUT2D eigenvalue weighted by Gasteiger charge is -2.47. The molecule has 2 aliphatic heterocycles. The van der Waals surface area contributed by atoms with Gasteiger partial charge in [-0.2, -0.15) is 0 Å².